The maximum Gasteiger partial charge on any atom is 0.407 e. The van der Waals surface area contributed by atoms with Gasteiger partial charge in [0.1, 0.15) is 6.04 Å². The molecule has 1 heterocycles. The summed E-state index contributed by atoms with van der Waals surface area (Å²) in [5.41, 5.74) is -0.187. The monoisotopic (exact) mass is 355 g/mol. The van der Waals surface area contributed by atoms with Gasteiger partial charge >= 0.3 is 6.09 Å². The molecule has 2 atom stereocenters. The van der Waals surface area contributed by atoms with E-state index >= 15 is 0 Å². The molecule has 8 heteroatoms. The Morgan fingerprint density at radius 3 is 2.48 bits per heavy atom. The van der Waals surface area contributed by atoms with Crippen molar-refractivity contribution in [1.29, 1.82) is 0 Å². The van der Waals surface area contributed by atoms with Crippen molar-refractivity contribution in [2.24, 2.45) is 11.3 Å². The van der Waals surface area contributed by atoms with Gasteiger partial charge in [0.2, 0.25) is 11.7 Å². The Bertz CT molecular complexity index is 525. The number of rotatable bonds is 5. The van der Waals surface area contributed by atoms with Crippen LogP contribution in [-0.2, 0) is 19.1 Å². The number of ketones is 1. The summed E-state index contributed by atoms with van der Waals surface area (Å²) in [6.45, 7) is 9.95. The Kier molecular flexibility index (Phi) is 7.38. The number of nitrogens with one attached hydrogen (secondary N) is 3. The molecule has 8 nitrogen and oxygen atoms in total. The van der Waals surface area contributed by atoms with Gasteiger partial charge in [-0.2, -0.15) is 0 Å². The summed E-state index contributed by atoms with van der Waals surface area (Å²) in [5.74, 6) is -2.07. The molecule has 3 N–H and O–H groups in total. The Hall–Kier alpha value is -2.12. The van der Waals surface area contributed by atoms with Crippen LogP contribution in [0.5, 0.6) is 0 Å². The molecule has 0 spiro atoms. The Balaban J connectivity index is 2.68. The molecule has 1 saturated heterocycles. The van der Waals surface area contributed by atoms with Crippen molar-refractivity contribution < 1.29 is 23.9 Å². The minimum atomic E-state index is -0.872. The second kappa shape index (κ2) is 8.82. The van der Waals surface area contributed by atoms with E-state index < -0.39 is 35.8 Å². The fourth-order valence-electron chi connectivity index (χ4n) is 2.27. The highest BCUT2D eigenvalue weighted by Crippen LogP contribution is 2.13. The van der Waals surface area contributed by atoms with E-state index in [9.17, 15) is 19.2 Å². The number of amides is 3. The van der Waals surface area contributed by atoms with Crippen LogP contribution in [0.3, 0.4) is 0 Å². The van der Waals surface area contributed by atoms with E-state index in [1.54, 1.807) is 13.8 Å². The largest absolute Gasteiger partial charge is 0.449 e. The quantitative estimate of drug-likeness (QED) is 0.630. The molecule has 1 aliphatic heterocycles. The molecular formula is C17H29N3O5. The third-order valence-corrected chi connectivity index (χ3v) is 3.67. The maximum absolute atomic E-state index is 12.5. The van der Waals surface area contributed by atoms with E-state index in [0.717, 1.165) is 0 Å². The van der Waals surface area contributed by atoms with Crippen LogP contribution in [0.25, 0.3) is 0 Å². The molecule has 2 unspecified atom stereocenters. The summed E-state index contributed by atoms with van der Waals surface area (Å²) in [4.78, 5) is 48.0. The van der Waals surface area contributed by atoms with Gasteiger partial charge in [0.15, 0.2) is 0 Å². The van der Waals surface area contributed by atoms with Gasteiger partial charge in [-0.15, -0.1) is 0 Å². The number of carbonyl (C=O) groups excluding carboxylic acids is 4. The summed E-state index contributed by atoms with van der Waals surface area (Å²) in [5, 5.41) is 7.60. The molecule has 1 rings (SSSR count). The highest BCUT2D eigenvalue weighted by molar-refractivity contribution is 6.38. The molecule has 0 saturated carbocycles. The maximum atomic E-state index is 12.5. The molecule has 0 aromatic heterocycles. The number of alkyl carbamates (subject to hydrolysis) is 1. The number of Topliss-reactive ketones (excluding diaryl/α,β-unsaturated/α-hetero) is 1. The number of hydrogen-bond acceptors (Lipinski definition) is 5. The van der Waals surface area contributed by atoms with Gasteiger partial charge in [0.05, 0.1) is 12.6 Å². The fraction of sp³-hybridized carbons (Fsp3) is 0.765. The second-order valence-electron chi connectivity index (χ2n) is 7.83. The smallest absolute Gasteiger partial charge is 0.407 e. The van der Waals surface area contributed by atoms with Gasteiger partial charge in [-0.1, -0.05) is 34.6 Å². The molecule has 142 valence electrons. The molecule has 1 fully saturated rings. The van der Waals surface area contributed by atoms with Crippen molar-refractivity contribution in [2.75, 3.05) is 13.2 Å². The Morgan fingerprint density at radius 1 is 1.28 bits per heavy atom. The zero-order valence-electron chi connectivity index (χ0n) is 15.6. The van der Waals surface area contributed by atoms with Gasteiger partial charge in [-0.05, 0) is 24.2 Å². The van der Waals surface area contributed by atoms with E-state index in [1.165, 1.54) is 0 Å². The third kappa shape index (κ3) is 7.11. The molecule has 1 aliphatic rings. The van der Waals surface area contributed by atoms with Crippen LogP contribution in [-0.4, -0.2) is 48.9 Å². The molecule has 0 radical (unpaired) electrons. The normalized spacial score (nSPS) is 19.7. The van der Waals surface area contributed by atoms with E-state index in [-0.39, 0.29) is 17.9 Å². The first-order valence-corrected chi connectivity index (χ1v) is 8.57. The lowest BCUT2D eigenvalue weighted by molar-refractivity contribution is -0.139. The van der Waals surface area contributed by atoms with E-state index in [0.29, 0.717) is 19.4 Å². The van der Waals surface area contributed by atoms with Crippen molar-refractivity contribution in [3.8, 4) is 0 Å². The lowest BCUT2D eigenvalue weighted by Crippen LogP contribution is -2.54. The van der Waals surface area contributed by atoms with Gasteiger partial charge in [0.25, 0.3) is 5.91 Å². The first-order valence-electron chi connectivity index (χ1n) is 8.57. The van der Waals surface area contributed by atoms with Gasteiger partial charge < -0.3 is 20.7 Å². The summed E-state index contributed by atoms with van der Waals surface area (Å²) >= 11 is 0. The highest BCUT2D eigenvalue weighted by atomic mass is 16.5. The third-order valence-electron chi connectivity index (χ3n) is 3.67. The predicted octanol–water partition coefficient (Wildman–Crippen LogP) is 0.747. The lowest BCUT2D eigenvalue weighted by atomic mass is 9.99. The van der Waals surface area contributed by atoms with Crippen LogP contribution in [0, 0.1) is 11.3 Å². The zero-order valence-corrected chi connectivity index (χ0v) is 15.6. The van der Waals surface area contributed by atoms with E-state index in [4.69, 9.17) is 4.74 Å². The topological polar surface area (TPSA) is 114 Å². The molecule has 0 aromatic carbocycles. The van der Waals surface area contributed by atoms with Crippen molar-refractivity contribution in [1.82, 2.24) is 16.0 Å². The fourth-order valence-corrected chi connectivity index (χ4v) is 2.27. The molecule has 0 bridgehead atoms. The summed E-state index contributed by atoms with van der Waals surface area (Å²) < 4.78 is 5.12. The average Bonchev–Trinajstić information content (AvgIpc) is 2.65. The first-order chi connectivity index (χ1) is 11.5. The first kappa shape index (κ1) is 20.9. The Morgan fingerprint density at radius 2 is 1.92 bits per heavy atom. The van der Waals surface area contributed by atoms with E-state index in [2.05, 4.69) is 16.0 Å². The van der Waals surface area contributed by atoms with Gasteiger partial charge in [-0.3, -0.25) is 14.4 Å². The molecular weight excluding hydrogens is 326 g/mol. The molecule has 0 aliphatic carbocycles. The average molecular weight is 355 g/mol. The standard InChI is InChI=1S/C17H29N3O5/c1-10(2)12(20-16(24)25-9-17(3,4)5)14(22)19-11-7-6-8-18-15(23)13(11)21/h10-12H,6-9H2,1-5H3,(H,18,23)(H,19,22)(H,20,24). The SMILES string of the molecule is CC(C)C(NC(=O)OCC(C)(C)C)C(=O)NC1CCCNC(=O)C1=O. The lowest BCUT2D eigenvalue weighted by Gasteiger charge is -2.25. The van der Waals surface area contributed by atoms with Crippen LogP contribution < -0.4 is 16.0 Å². The van der Waals surface area contributed by atoms with E-state index in [1.807, 2.05) is 20.8 Å². The van der Waals surface area contributed by atoms with Crippen LogP contribution in [0.4, 0.5) is 4.79 Å². The number of ether oxygens (including phenoxy) is 1. The van der Waals surface area contributed by atoms with Gasteiger partial charge in [-0.25, -0.2) is 4.79 Å². The van der Waals surface area contributed by atoms with Crippen molar-refractivity contribution in [2.45, 2.75) is 59.5 Å². The van der Waals surface area contributed by atoms with Crippen molar-refractivity contribution in [3.05, 3.63) is 0 Å². The van der Waals surface area contributed by atoms with Crippen LogP contribution in [0.2, 0.25) is 0 Å². The molecule has 3 amide bonds. The Labute approximate surface area is 148 Å². The molecule has 25 heavy (non-hydrogen) atoms. The van der Waals surface area contributed by atoms with Crippen molar-refractivity contribution >= 4 is 23.7 Å². The zero-order chi connectivity index (χ0) is 19.2. The van der Waals surface area contributed by atoms with Crippen LogP contribution >= 0.6 is 0 Å². The van der Waals surface area contributed by atoms with Crippen molar-refractivity contribution in [3.63, 3.8) is 0 Å². The van der Waals surface area contributed by atoms with Crippen LogP contribution in [0.15, 0.2) is 0 Å². The summed E-state index contributed by atoms with van der Waals surface area (Å²) in [6, 6.07) is -1.73. The van der Waals surface area contributed by atoms with Gasteiger partial charge in [0, 0.05) is 6.54 Å². The number of carbonyl (C=O) groups is 4. The summed E-state index contributed by atoms with van der Waals surface area (Å²) in [7, 11) is 0. The predicted molar refractivity (Wildman–Crippen MR) is 91.7 cm³/mol. The molecule has 0 aromatic rings. The van der Waals surface area contributed by atoms with Crippen LogP contribution in [0.1, 0.15) is 47.5 Å². The minimum Gasteiger partial charge on any atom is -0.449 e. The minimum absolute atomic E-state index is 0.187. The number of hydrogen-bond donors (Lipinski definition) is 3. The summed E-state index contributed by atoms with van der Waals surface area (Å²) in [6.07, 6.45) is 0.284. The second-order valence-corrected chi connectivity index (χ2v) is 7.83. The highest BCUT2D eigenvalue weighted by Gasteiger charge is 2.32.